The van der Waals surface area contributed by atoms with Gasteiger partial charge in [0.15, 0.2) is 0 Å². The molecule has 0 bridgehead atoms. The molecule has 1 aliphatic rings. The Kier molecular flexibility index (Phi) is 6.61. The summed E-state index contributed by atoms with van der Waals surface area (Å²) in [5.41, 5.74) is 5.07. The predicted octanol–water partition coefficient (Wildman–Crippen LogP) is 3.92. The molecule has 1 aliphatic heterocycles. The maximum atomic E-state index is 12.8. The smallest absolute Gasteiger partial charge is 0.266 e. The predicted molar refractivity (Wildman–Crippen MR) is 128 cm³/mol. The van der Waals surface area contributed by atoms with Crippen molar-refractivity contribution in [1.29, 1.82) is 0 Å². The number of carbonyl (C=O) groups excluding carboxylic acids is 1. The van der Waals surface area contributed by atoms with Crippen LogP contribution in [0.2, 0.25) is 5.02 Å². The van der Waals surface area contributed by atoms with Crippen molar-refractivity contribution < 1.29 is 4.79 Å². The monoisotopic (exact) mass is 450 g/mol. The van der Waals surface area contributed by atoms with Crippen molar-refractivity contribution in [1.82, 2.24) is 14.7 Å². The number of nitrogens with zero attached hydrogens (tertiary/aromatic N) is 4. The highest BCUT2D eigenvalue weighted by molar-refractivity contribution is 6.30. The van der Waals surface area contributed by atoms with Crippen LogP contribution in [0.25, 0.3) is 11.3 Å². The van der Waals surface area contributed by atoms with Gasteiger partial charge in [0.25, 0.3) is 5.56 Å². The first-order chi connectivity index (χ1) is 15.4. The molecule has 0 atom stereocenters. The summed E-state index contributed by atoms with van der Waals surface area (Å²) in [6, 6.07) is 17.0. The van der Waals surface area contributed by atoms with Gasteiger partial charge in [-0.3, -0.25) is 9.59 Å². The van der Waals surface area contributed by atoms with Crippen molar-refractivity contribution in [2.24, 2.45) is 0 Å². The van der Waals surface area contributed by atoms with Crippen LogP contribution in [0.1, 0.15) is 17.5 Å². The number of hydrogen-bond acceptors (Lipinski definition) is 4. The zero-order valence-electron chi connectivity index (χ0n) is 18.4. The minimum Gasteiger partial charge on any atom is -0.368 e. The van der Waals surface area contributed by atoms with Gasteiger partial charge in [-0.15, -0.1) is 0 Å². The highest BCUT2D eigenvalue weighted by atomic mass is 35.5. The van der Waals surface area contributed by atoms with Crippen LogP contribution in [0.5, 0.6) is 0 Å². The third kappa shape index (κ3) is 5.02. The fourth-order valence-corrected chi connectivity index (χ4v) is 4.13. The summed E-state index contributed by atoms with van der Waals surface area (Å²) < 4.78 is 1.37. The normalized spacial score (nSPS) is 14.0. The van der Waals surface area contributed by atoms with E-state index in [1.807, 2.05) is 17.0 Å². The SMILES string of the molecule is Cc1ccc(C)c(N2CCN(C(=O)CCn3nc(-c4ccc(Cl)cc4)ccc3=O)CC2)c1. The van der Waals surface area contributed by atoms with E-state index in [2.05, 4.69) is 42.0 Å². The second kappa shape index (κ2) is 9.57. The number of carbonyl (C=O) groups is 1. The zero-order valence-corrected chi connectivity index (χ0v) is 19.2. The Labute approximate surface area is 193 Å². The van der Waals surface area contributed by atoms with Crippen LogP contribution in [0.15, 0.2) is 59.4 Å². The number of aromatic nitrogens is 2. The molecule has 0 N–H and O–H groups in total. The number of amides is 1. The van der Waals surface area contributed by atoms with Crippen molar-refractivity contribution in [3.63, 3.8) is 0 Å². The first-order valence-corrected chi connectivity index (χ1v) is 11.2. The summed E-state index contributed by atoms with van der Waals surface area (Å²) in [4.78, 5) is 29.3. The van der Waals surface area contributed by atoms with Gasteiger partial charge in [-0.2, -0.15) is 5.10 Å². The summed E-state index contributed by atoms with van der Waals surface area (Å²) in [5.74, 6) is 0.0520. The lowest BCUT2D eigenvalue weighted by Gasteiger charge is -2.37. The van der Waals surface area contributed by atoms with Crippen LogP contribution in [0.3, 0.4) is 0 Å². The summed E-state index contributed by atoms with van der Waals surface area (Å²) in [6.07, 6.45) is 0.250. The fourth-order valence-electron chi connectivity index (χ4n) is 4.00. The van der Waals surface area contributed by atoms with E-state index in [9.17, 15) is 9.59 Å². The molecule has 6 nitrogen and oxygen atoms in total. The number of aryl methyl sites for hydroxylation is 3. The number of anilines is 1. The van der Waals surface area contributed by atoms with E-state index in [-0.39, 0.29) is 24.4 Å². The summed E-state index contributed by atoms with van der Waals surface area (Å²) in [7, 11) is 0. The highest BCUT2D eigenvalue weighted by Crippen LogP contribution is 2.23. The van der Waals surface area contributed by atoms with Gasteiger partial charge in [0, 0.05) is 54.9 Å². The van der Waals surface area contributed by atoms with Gasteiger partial charge in [0.05, 0.1) is 12.2 Å². The first-order valence-electron chi connectivity index (χ1n) is 10.8. The Morgan fingerprint density at radius 1 is 0.969 bits per heavy atom. The van der Waals surface area contributed by atoms with E-state index < -0.39 is 0 Å². The Balaban J connectivity index is 1.36. The van der Waals surface area contributed by atoms with Crippen molar-refractivity contribution in [2.75, 3.05) is 31.1 Å². The van der Waals surface area contributed by atoms with Gasteiger partial charge in [-0.05, 0) is 49.2 Å². The van der Waals surface area contributed by atoms with Gasteiger partial charge in [-0.1, -0.05) is 35.9 Å². The van der Waals surface area contributed by atoms with Gasteiger partial charge in [0.2, 0.25) is 5.91 Å². The highest BCUT2D eigenvalue weighted by Gasteiger charge is 2.22. The summed E-state index contributed by atoms with van der Waals surface area (Å²) in [6.45, 7) is 7.45. The Morgan fingerprint density at radius 2 is 1.69 bits per heavy atom. The standard InChI is InChI=1S/C25H27ClN4O2/c1-18-3-4-19(2)23(17-18)28-13-15-29(16-14-28)24(31)11-12-30-25(32)10-9-22(27-30)20-5-7-21(26)8-6-20/h3-10,17H,11-16H2,1-2H3. The summed E-state index contributed by atoms with van der Waals surface area (Å²) in [5, 5.41) is 5.08. The van der Waals surface area contributed by atoms with E-state index in [0.717, 1.165) is 18.7 Å². The van der Waals surface area contributed by atoms with Crippen LogP contribution in [0, 0.1) is 13.8 Å². The molecule has 0 aliphatic carbocycles. The molecule has 0 unspecified atom stereocenters. The molecule has 3 aromatic rings. The van der Waals surface area contributed by atoms with Gasteiger partial charge in [-0.25, -0.2) is 4.68 Å². The molecule has 0 spiro atoms. The molecule has 1 fully saturated rings. The maximum Gasteiger partial charge on any atom is 0.266 e. The number of halogens is 1. The average Bonchev–Trinajstić information content (AvgIpc) is 2.80. The van der Waals surface area contributed by atoms with Crippen molar-refractivity contribution >= 4 is 23.2 Å². The minimum atomic E-state index is -0.213. The molecule has 0 saturated carbocycles. The van der Waals surface area contributed by atoms with Crippen LogP contribution in [0.4, 0.5) is 5.69 Å². The third-order valence-electron chi connectivity index (χ3n) is 5.88. The second-order valence-corrected chi connectivity index (χ2v) is 8.63. The minimum absolute atomic E-state index is 0.0520. The Hall–Kier alpha value is -3.12. The molecule has 1 saturated heterocycles. The van der Waals surface area contributed by atoms with E-state index >= 15 is 0 Å². The molecular formula is C25H27ClN4O2. The molecule has 1 aromatic heterocycles. The third-order valence-corrected chi connectivity index (χ3v) is 6.13. The maximum absolute atomic E-state index is 12.8. The molecule has 166 valence electrons. The van der Waals surface area contributed by atoms with Crippen molar-refractivity contribution in [2.45, 2.75) is 26.8 Å². The fraction of sp³-hybridized carbons (Fsp3) is 0.320. The van der Waals surface area contributed by atoms with Crippen LogP contribution >= 0.6 is 11.6 Å². The summed E-state index contributed by atoms with van der Waals surface area (Å²) >= 11 is 5.95. The lowest BCUT2D eigenvalue weighted by Crippen LogP contribution is -2.49. The molecule has 2 heterocycles. The van der Waals surface area contributed by atoms with Crippen LogP contribution < -0.4 is 10.5 Å². The van der Waals surface area contributed by atoms with E-state index in [1.165, 1.54) is 27.6 Å². The molecule has 0 radical (unpaired) electrons. The largest absolute Gasteiger partial charge is 0.368 e. The van der Waals surface area contributed by atoms with Gasteiger partial charge >= 0.3 is 0 Å². The lowest BCUT2D eigenvalue weighted by atomic mass is 10.1. The Morgan fingerprint density at radius 3 is 2.41 bits per heavy atom. The average molecular weight is 451 g/mol. The van der Waals surface area contributed by atoms with Crippen LogP contribution in [-0.2, 0) is 11.3 Å². The number of hydrogen-bond donors (Lipinski definition) is 0. The zero-order chi connectivity index (χ0) is 22.7. The number of piperazine rings is 1. The topological polar surface area (TPSA) is 58.4 Å². The van der Waals surface area contributed by atoms with Crippen LogP contribution in [-0.4, -0.2) is 46.8 Å². The van der Waals surface area contributed by atoms with Gasteiger partial charge in [0.1, 0.15) is 0 Å². The molecule has 32 heavy (non-hydrogen) atoms. The van der Waals surface area contributed by atoms with Crippen molar-refractivity contribution in [3.8, 4) is 11.3 Å². The molecule has 7 heteroatoms. The molecule has 4 rings (SSSR count). The van der Waals surface area contributed by atoms with E-state index in [4.69, 9.17) is 11.6 Å². The lowest BCUT2D eigenvalue weighted by molar-refractivity contribution is -0.131. The van der Waals surface area contributed by atoms with Gasteiger partial charge < -0.3 is 9.80 Å². The number of benzene rings is 2. The van der Waals surface area contributed by atoms with E-state index in [1.54, 1.807) is 18.2 Å². The molecule has 1 amide bonds. The Bertz CT molecular complexity index is 1170. The molecule has 2 aromatic carbocycles. The molecular weight excluding hydrogens is 424 g/mol. The second-order valence-electron chi connectivity index (χ2n) is 8.19. The number of rotatable bonds is 5. The first kappa shape index (κ1) is 22.1. The quantitative estimate of drug-likeness (QED) is 0.591. The van der Waals surface area contributed by atoms with E-state index in [0.29, 0.717) is 23.8 Å². The van der Waals surface area contributed by atoms with Crippen molar-refractivity contribution in [3.05, 3.63) is 81.1 Å².